The van der Waals surface area contributed by atoms with Gasteiger partial charge in [0.1, 0.15) is 0 Å². The van der Waals surface area contributed by atoms with Gasteiger partial charge in [0.2, 0.25) is 0 Å². The van der Waals surface area contributed by atoms with E-state index in [4.69, 9.17) is 4.74 Å². The molecule has 0 aromatic heterocycles. The van der Waals surface area contributed by atoms with Gasteiger partial charge in [0.05, 0.1) is 12.2 Å². The second-order valence-corrected chi connectivity index (χ2v) is 7.25. The molecular weight excluding hydrogens is 316 g/mol. The summed E-state index contributed by atoms with van der Waals surface area (Å²) in [5.41, 5.74) is 1.94. The quantitative estimate of drug-likeness (QED) is 0.859. The fourth-order valence-electron chi connectivity index (χ4n) is 4.27. The number of hydrogen-bond acceptors (Lipinski definition) is 3. The molecule has 25 heavy (non-hydrogen) atoms. The number of para-hydroxylation sites is 1. The highest BCUT2D eigenvalue weighted by molar-refractivity contribution is 5.90. The Hall–Kier alpha value is -1.59. The van der Waals surface area contributed by atoms with Gasteiger partial charge in [-0.2, -0.15) is 0 Å². The number of amides is 2. The molecule has 0 radical (unpaired) electrons. The Labute approximate surface area is 150 Å². The summed E-state index contributed by atoms with van der Waals surface area (Å²) in [6.45, 7) is 6.15. The molecule has 2 N–H and O–H groups in total. The van der Waals surface area contributed by atoms with Gasteiger partial charge >= 0.3 is 6.03 Å². The molecule has 1 aliphatic heterocycles. The fraction of sp³-hybridized carbons (Fsp3) is 0.650. The average Bonchev–Trinajstić information content (AvgIpc) is 2.63. The SMILES string of the molecule is CCCc1ccccc1NC(=O)N1CCC2(CC1)[C@H](O)C[C@@H]2OCC. The lowest BCUT2D eigenvalue weighted by atomic mass is 9.58. The first-order valence-corrected chi connectivity index (χ1v) is 9.54. The zero-order valence-electron chi connectivity index (χ0n) is 15.3. The molecule has 3 rings (SSSR count). The van der Waals surface area contributed by atoms with Crippen LogP contribution >= 0.6 is 0 Å². The first-order chi connectivity index (χ1) is 12.1. The van der Waals surface area contributed by atoms with Crippen LogP contribution in [0.25, 0.3) is 0 Å². The zero-order chi connectivity index (χ0) is 17.9. The van der Waals surface area contributed by atoms with Crippen LogP contribution in [0, 0.1) is 5.41 Å². The number of likely N-dealkylation sites (tertiary alicyclic amines) is 1. The van der Waals surface area contributed by atoms with Crippen LogP contribution in [0.15, 0.2) is 24.3 Å². The monoisotopic (exact) mass is 346 g/mol. The number of aliphatic hydroxyl groups is 1. The van der Waals surface area contributed by atoms with Gasteiger partial charge in [-0.05, 0) is 37.8 Å². The Balaban J connectivity index is 1.59. The van der Waals surface area contributed by atoms with Crippen LogP contribution < -0.4 is 5.32 Å². The fourth-order valence-corrected chi connectivity index (χ4v) is 4.27. The molecule has 1 saturated carbocycles. The first kappa shape index (κ1) is 18.2. The van der Waals surface area contributed by atoms with Crippen LogP contribution in [0.5, 0.6) is 0 Å². The third-order valence-electron chi connectivity index (χ3n) is 5.87. The number of aryl methyl sites for hydroxylation is 1. The molecule has 2 aliphatic rings. The van der Waals surface area contributed by atoms with E-state index in [1.54, 1.807) is 0 Å². The Morgan fingerprint density at radius 3 is 2.68 bits per heavy atom. The summed E-state index contributed by atoms with van der Waals surface area (Å²) in [7, 11) is 0. The predicted octanol–water partition coefficient (Wildman–Crippen LogP) is 3.42. The molecule has 1 aromatic rings. The minimum atomic E-state index is -0.292. The van der Waals surface area contributed by atoms with E-state index in [0.29, 0.717) is 19.7 Å². The molecule has 0 unspecified atom stereocenters. The number of rotatable bonds is 5. The third-order valence-corrected chi connectivity index (χ3v) is 5.87. The minimum absolute atomic E-state index is 0.0415. The summed E-state index contributed by atoms with van der Waals surface area (Å²) in [4.78, 5) is 14.5. The molecule has 0 bridgehead atoms. The van der Waals surface area contributed by atoms with E-state index >= 15 is 0 Å². The summed E-state index contributed by atoms with van der Waals surface area (Å²) in [6, 6.07) is 7.96. The molecule has 138 valence electrons. The van der Waals surface area contributed by atoms with E-state index in [2.05, 4.69) is 18.3 Å². The number of carbonyl (C=O) groups excluding carboxylic acids is 1. The molecule has 2 atom stereocenters. The second-order valence-electron chi connectivity index (χ2n) is 7.25. The largest absolute Gasteiger partial charge is 0.392 e. The molecule has 2 amide bonds. The number of piperidine rings is 1. The maximum Gasteiger partial charge on any atom is 0.321 e. The molecule has 1 aliphatic carbocycles. The Kier molecular flexibility index (Phi) is 5.64. The van der Waals surface area contributed by atoms with Gasteiger partial charge in [-0.25, -0.2) is 4.79 Å². The van der Waals surface area contributed by atoms with Gasteiger partial charge in [-0.3, -0.25) is 0 Å². The van der Waals surface area contributed by atoms with Gasteiger partial charge in [-0.15, -0.1) is 0 Å². The Bertz CT molecular complexity index is 594. The minimum Gasteiger partial charge on any atom is -0.392 e. The van der Waals surface area contributed by atoms with E-state index in [-0.39, 0.29) is 23.7 Å². The summed E-state index contributed by atoms with van der Waals surface area (Å²) >= 11 is 0. The molecule has 1 spiro atoms. The Morgan fingerprint density at radius 2 is 2.04 bits per heavy atom. The van der Waals surface area contributed by atoms with Crippen molar-refractivity contribution in [3.63, 3.8) is 0 Å². The average molecular weight is 346 g/mol. The van der Waals surface area contributed by atoms with Crippen LogP contribution in [-0.2, 0) is 11.2 Å². The summed E-state index contributed by atoms with van der Waals surface area (Å²) in [5, 5.41) is 13.3. The van der Waals surface area contributed by atoms with E-state index in [1.165, 1.54) is 5.56 Å². The van der Waals surface area contributed by atoms with Crippen LogP contribution in [0.1, 0.15) is 45.1 Å². The number of anilines is 1. The maximum absolute atomic E-state index is 12.7. The molecule has 1 aromatic carbocycles. The normalized spacial score (nSPS) is 24.8. The molecular formula is C20H30N2O3. The van der Waals surface area contributed by atoms with Gasteiger partial charge in [-0.1, -0.05) is 31.5 Å². The van der Waals surface area contributed by atoms with E-state index in [1.807, 2.05) is 30.0 Å². The van der Waals surface area contributed by atoms with Gasteiger partial charge in [0.25, 0.3) is 0 Å². The summed E-state index contributed by atoms with van der Waals surface area (Å²) < 4.78 is 5.80. The smallest absolute Gasteiger partial charge is 0.321 e. The zero-order valence-corrected chi connectivity index (χ0v) is 15.3. The highest BCUT2D eigenvalue weighted by atomic mass is 16.5. The number of nitrogens with zero attached hydrogens (tertiary/aromatic N) is 1. The van der Waals surface area contributed by atoms with Crippen LogP contribution in [0.3, 0.4) is 0 Å². The van der Waals surface area contributed by atoms with Crippen LogP contribution in [0.2, 0.25) is 0 Å². The summed E-state index contributed by atoms with van der Waals surface area (Å²) in [5.74, 6) is 0. The van der Waals surface area contributed by atoms with Crippen molar-refractivity contribution in [3.8, 4) is 0 Å². The highest BCUT2D eigenvalue weighted by Crippen LogP contribution is 2.50. The molecule has 2 fully saturated rings. The third kappa shape index (κ3) is 3.53. The number of hydrogen-bond donors (Lipinski definition) is 2. The number of ether oxygens (including phenoxy) is 1. The van der Waals surface area contributed by atoms with Crippen molar-refractivity contribution in [3.05, 3.63) is 29.8 Å². The lowest BCUT2D eigenvalue weighted by molar-refractivity contribution is -0.207. The summed E-state index contributed by atoms with van der Waals surface area (Å²) in [6.07, 6.45) is 4.20. The van der Waals surface area contributed by atoms with E-state index in [0.717, 1.165) is 37.8 Å². The molecule has 1 heterocycles. The van der Waals surface area contributed by atoms with Gasteiger partial charge < -0.3 is 20.1 Å². The van der Waals surface area contributed by atoms with Crippen molar-refractivity contribution in [2.75, 3.05) is 25.0 Å². The predicted molar refractivity (Wildman–Crippen MR) is 98.7 cm³/mol. The highest BCUT2D eigenvalue weighted by Gasteiger charge is 2.56. The maximum atomic E-state index is 12.7. The van der Waals surface area contributed by atoms with Gasteiger partial charge in [0.15, 0.2) is 0 Å². The van der Waals surface area contributed by atoms with Crippen LogP contribution in [0.4, 0.5) is 10.5 Å². The standard InChI is InChI=1S/C20H30N2O3/c1-3-7-15-8-5-6-9-16(15)21-19(24)22-12-10-20(11-13-22)17(23)14-18(20)25-4-2/h5-6,8-9,17-18,23H,3-4,7,10-14H2,1-2H3,(H,21,24)/t17-,18+/m1/s1. The number of urea groups is 1. The number of carbonyl (C=O) groups is 1. The number of nitrogens with one attached hydrogen (secondary N) is 1. The topological polar surface area (TPSA) is 61.8 Å². The lowest BCUT2D eigenvalue weighted by Crippen LogP contribution is -2.63. The molecule has 5 heteroatoms. The second kappa shape index (κ2) is 7.75. The first-order valence-electron chi connectivity index (χ1n) is 9.54. The van der Waals surface area contributed by atoms with E-state index < -0.39 is 0 Å². The van der Waals surface area contributed by atoms with Gasteiger partial charge in [0, 0.05) is 37.2 Å². The van der Waals surface area contributed by atoms with Crippen molar-refractivity contribution >= 4 is 11.7 Å². The molecule has 5 nitrogen and oxygen atoms in total. The van der Waals surface area contributed by atoms with Crippen molar-refractivity contribution in [1.29, 1.82) is 0 Å². The van der Waals surface area contributed by atoms with Crippen molar-refractivity contribution < 1.29 is 14.6 Å². The van der Waals surface area contributed by atoms with Crippen molar-refractivity contribution in [2.45, 2.75) is 58.2 Å². The number of benzene rings is 1. The molecule has 1 saturated heterocycles. The number of aliphatic hydroxyl groups excluding tert-OH is 1. The lowest BCUT2D eigenvalue weighted by Gasteiger charge is -2.56. The van der Waals surface area contributed by atoms with Crippen molar-refractivity contribution in [2.24, 2.45) is 5.41 Å². The van der Waals surface area contributed by atoms with E-state index in [9.17, 15) is 9.90 Å². The van der Waals surface area contributed by atoms with Crippen molar-refractivity contribution in [1.82, 2.24) is 4.90 Å². The van der Waals surface area contributed by atoms with Crippen LogP contribution in [-0.4, -0.2) is 47.9 Å². The Morgan fingerprint density at radius 1 is 1.32 bits per heavy atom.